The van der Waals surface area contributed by atoms with Gasteiger partial charge in [-0.3, -0.25) is 4.79 Å². The Morgan fingerprint density at radius 1 is 1.00 bits per heavy atom. The van der Waals surface area contributed by atoms with Crippen molar-refractivity contribution in [3.63, 3.8) is 0 Å². The van der Waals surface area contributed by atoms with E-state index in [1.165, 1.54) is 11.1 Å². The molecular formula is C19H25ClN2O. The lowest BCUT2D eigenvalue weighted by Gasteiger charge is -2.22. The number of carbonyl (C=O) groups excluding carboxylic acids is 1. The first kappa shape index (κ1) is 19.2. The smallest absolute Gasteiger partial charge is 0.223 e. The molecule has 0 aliphatic rings. The van der Waals surface area contributed by atoms with Crippen LogP contribution in [0.25, 0.3) is 0 Å². The second kappa shape index (κ2) is 10.0. The maximum atomic E-state index is 12.5. The maximum absolute atomic E-state index is 12.5. The molecule has 2 aromatic rings. The van der Waals surface area contributed by atoms with E-state index >= 15 is 0 Å². The summed E-state index contributed by atoms with van der Waals surface area (Å²) in [6, 6.07) is 20.5. The van der Waals surface area contributed by atoms with Gasteiger partial charge in [-0.25, -0.2) is 0 Å². The Labute approximate surface area is 145 Å². The van der Waals surface area contributed by atoms with Crippen molar-refractivity contribution in [3.05, 3.63) is 71.8 Å². The van der Waals surface area contributed by atoms with E-state index in [0.717, 1.165) is 13.1 Å². The Bertz CT molecular complexity index is 535. The number of rotatable bonds is 7. The lowest BCUT2D eigenvalue weighted by atomic mass is 9.88. The summed E-state index contributed by atoms with van der Waals surface area (Å²) in [5.41, 5.74) is 2.37. The van der Waals surface area contributed by atoms with Gasteiger partial charge in [-0.05, 0) is 18.2 Å². The van der Waals surface area contributed by atoms with Crippen molar-refractivity contribution >= 4 is 18.3 Å². The molecule has 23 heavy (non-hydrogen) atoms. The lowest BCUT2D eigenvalue weighted by Crippen LogP contribution is -2.33. The van der Waals surface area contributed by atoms with Crippen LogP contribution in [0.15, 0.2) is 60.7 Å². The highest BCUT2D eigenvalue weighted by molar-refractivity contribution is 5.85. The minimum atomic E-state index is 0. The summed E-state index contributed by atoms with van der Waals surface area (Å²) in [6.45, 7) is 1.54. The molecule has 1 amide bonds. The SMILES string of the molecule is CNCCN(C)C(=O)CC(c1ccccc1)c1ccccc1.Cl. The second-order valence-electron chi connectivity index (χ2n) is 5.50. The largest absolute Gasteiger partial charge is 0.344 e. The number of hydrogen-bond acceptors (Lipinski definition) is 2. The molecule has 4 heteroatoms. The molecule has 0 unspecified atom stereocenters. The average Bonchev–Trinajstić information content (AvgIpc) is 2.58. The van der Waals surface area contributed by atoms with E-state index in [-0.39, 0.29) is 24.2 Å². The zero-order chi connectivity index (χ0) is 15.8. The number of benzene rings is 2. The summed E-state index contributed by atoms with van der Waals surface area (Å²) < 4.78 is 0. The summed E-state index contributed by atoms with van der Waals surface area (Å²) in [5.74, 6) is 0.278. The normalized spacial score (nSPS) is 10.2. The molecule has 3 nitrogen and oxygen atoms in total. The van der Waals surface area contributed by atoms with Gasteiger partial charge in [0.25, 0.3) is 0 Å². The van der Waals surface area contributed by atoms with E-state index in [1.54, 1.807) is 4.90 Å². The molecule has 0 atom stereocenters. The summed E-state index contributed by atoms with van der Waals surface area (Å²) in [6.07, 6.45) is 0.494. The summed E-state index contributed by atoms with van der Waals surface area (Å²) >= 11 is 0. The molecule has 0 saturated heterocycles. The molecule has 0 saturated carbocycles. The van der Waals surface area contributed by atoms with Crippen LogP contribution in [0.4, 0.5) is 0 Å². The van der Waals surface area contributed by atoms with Crippen LogP contribution in [0.1, 0.15) is 23.5 Å². The van der Waals surface area contributed by atoms with Crippen molar-refractivity contribution in [3.8, 4) is 0 Å². The van der Waals surface area contributed by atoms with E-state index in [4.69, 9.17) is 0 Å². The zero-order valence-corrected chi connectivity index (χ0v) is 14.6. The van der Waals surface area contributed by atoms with Gasteiger partial charge in [0.05, 0.1) is 0 Å². The lowest BCUT2D eigenvalue weighted by molar-refractivity contribution is -0.130. The van der Waals surface area contributed by atoms with E-state index in [2.05, 4.69) is 29.6 Å². The van der Waals surface area contributed by atoms with Crippen molar-refractivity contribution in [2.75, 3.05) is 27.2 Å². The van der Waals surface area contributed by atoms with Crippen LogP contribution in [0, 0.1) is 0 Å². The maximum Gasteiger partial charge on any atom is 0.223 e. The number of halogens is 1. The Kier molecular flexibility index (Phi) is 8.38. The van der Waals surface area contributed by atoms with Crippen LogP contribution >= 0.6 is 12.4 Å². The van der Waals surface area contributed by atoms with Gasteiger partial charge in [0.1, 0.15) is 0 Å². The van der Waals surface area contributed by atoms with E-state index in [0.29, 0.717) is 6.42 Å². The molecule has 2 rings (SSSR count). The van der Waals surface area contributed by atoms with Gasteiger partial charge in [-0.1, -0.05) is 60.7 Å². The van der Waals surface area contributed by atoms with Gasteiger partial charge in [-0.15, -0.1) is 12.4 Å². The fraction of sp³-hybridized carbons (Fsp3) is 0.316. The van der Waals surface area contributed by atoms with Gasteiger partial charge in [0, 0.05) is 32.5 Å². The number of nitrogens with zero attached hydrogens (tertiary/aromatic N) is 1. The van der Waals surface area contributed by atoms with Crippen LogP contribution in [-0.2, 0) is 4.79 Å². The molecule has 2 aromatic carbocycles. The highest BCUT2D eigenvalue weighted by atomic mass is 35.5. The van der Waals surface area contributed by atoms with Gasteiger partial charge in [-0.2, -0.15) is 0 Å². The molecule has 1 N–H and O–H groups in total. The third-order valence-corrected chi connectivity index (χ3v) is 3.91. The molecule has 0 fully saturated rings. The summed E-state index contributed by atoms with van der Waals surface area (Å²) in [5, 5.41) is 3.08. The van der Waals surface area contributed by atoms with E-state index in [9.17, 15) is 4.79 Å². The number of nitrogens with one attached hydrogen (secondary N) is 1. The highest BCUT2D eigenvalue weighted by Gasteiger charge is 2.19. The standard InChI is InChI=1S/C19H24N2O.ClH/c1-20-13-14-21(2)19(22)15-18(16-9-5-3-6-10-16)17-11-7-4-8-12-17;/h3-12,18,20H,13-15H2,1-2H3;1H. The van der Waals surface area contributed by atoms with Gasteiger partial charge < -0.3 is 10.2 Å². The van der Waals surface area contributed by atoms with Crippen molar-refractivity contribution in [2.45, 2.75) is 12.3 Å². The number of likely N-dealkylation sites (N-methyl/N-ethyl adjacent to an activating group) is 2. The minimum absolute atomic E-state index is 0. The molecule has 0 radical (unpaired) electrons. The van der Waals surface area contributed by atoms with Crippen molar-refractivity contribution in [2.24, 2.45) is 0 Å². The molecule has 0 aromatic heterocycles. The summed E-state index contributed by atoms with van der Waals surface area (Å²) in [7, 11) is 3.77. The Hall–Kier alpha value is -1.84. The third-order valence-electron chi connectivity index (χ3n) is 3.91. The predicted octanol–water partition coefficient (Wildman–Crippen LogP) is 3.31. The fourth-order valence-corrected chi connectivity index (χ4v) is 2.53. The highest BCUT2D eigenvalue weighted by Crippen LogP contribution is 2.28. The van der Waals surface area contributed by atoms with Gasteiger partial charge in [0.15, 0.2) is 0 Å². The number of hydrogen-bond donors (Lipinski definition) is 1. The van der Waals surface area contributed by atoms with Crippen LogP contribution in [-0.4, -0.2) is 38.0 Å². The first-order chi connectivity index (χ1) is 10.7. The molecule has 0 heterocycles. The van der Waals surface area contributed by atoms with Crippen LogP contribution in [0.3, 0.4) is 0 Å². The van der Waals surface area contributed by atoms with Crippen LogP contribution in [0.2, 0.25) is 0 Å². The van der Waals surface area contributed by atoms with Crippen molar-refractivity contribution in [1.29, 1.82) is 0 Å². The number of amides is 1. The first-order valence-electron chi connectivity index (χ1n) is 7.71. The summed E-state index contributed by atoms with van der Waals surface area (Å²) in [4.78, 5) is 14.3. The van der Waals surface area contributed by atoms with Gasteiger partial charge >= 0.3 is 0 Å². The van der Waals surface area contributed by atoms with Crippen LogP contribution < -0.4 is 5.32 Å². The third kappa shape index (κ3) is 5.70. The van der Waals surface area contributed by atoms with Gasteiger partial charge in [0.2, 0.25) is 5.91 Å². The molecule has 0 spiro atoms. The number of carbonyl (C=O) groups is 1. The Morgan fingerprint density at radius 3 is 1.91 bits per heavy atom. The Balaban J connectivity index is 0.00000264. The molecule has 124 valence electrons. The minimum Gasteiger partial charge on any atom is -0.344 e. The van der Waals surface area contributed by atoms with Crippen molar-refractivity contribution < 1.29 is 4.79 Å². The first-order valence-corrected chi connectivity index (χ1v) is 7.71. The Morgan fingerprint density at radius 2 is 1.48 bits per heavy atom. The topological polar surface area (TPSA) is 32.3 Å². The quantitative estimate of drug-likeness (QED) is 0.843. The van der Waals surface area contributed by atoms with Crippen molar-refractivity contribution in [1.82, 2.24) is 10.2 Å². The monoisotopic (exact) mass is 332 g/mol. The molecule has 0 aliphatic carbocycles. The molecular weight excluding hydrogens is 308 g/mol. The molecule has 0 aliphatic heterocycles. The predicted molar refractivity (Wildman–Crippen MR) is 98.2 cm³/mol. The molecule has 0 bridgehead atoms. The average molecular weight is 333 g/mol. The van der Waals surface area contributed by atoms with E-state index < -0.39 is 0 Å². The second-order valence-corrected chi connectivity index (χ2v) is 5.50. The van der Waals surface area contributed by atoms with E-state index in [1.807, 2.05) is 50.5 Å². The van der Waals surface area contributed by atoms with Crippen LogP contribution in [0.5, 0.6) is 0 Å². The zero-order valence-electron chi connectivity index (χ0n) is 13.7. The fourth-order valence-electron chi connectivity index (χ4n) is 2.53.